The highest BCUT2D eigenvalue weighted by atomic mass is 79.9. The van der Waals surface area contributed by atoms with E-state index in [0.29, 0.717) is 11.3 Å². The molecule has 148 valence electrons. The van der Waals surface area contributed by atoms with Crippen LogP contribution in [-0.4, -0.2) is 42.3 Å². The van der Waals surface area contributed by atoms with Crippen LogP contribution in [0.5, 0.6) is 11.5 Å². The molecule has 2 N–H and O–H groups in total. The number of hydrogen-bond acceptors (Lipinski definition) is 5. The molecule has 0 bridgehead atoms. The first-order chi connectivity index (χ1) is 13.6. The Hall–Kier alpha value is -2.38. The monoisotopic (exact) mass is 445 g/mol. The van der Waals surface area contributed by atoms with Gasteiger partial charge in [-0.25, -0.2) is 5.43 Å². The van der Waals surface area contributed by atoms with Gasteiger partial charge in [0.05, 0.1) is 13.3 Å². The molecular formula is C21H24BrN3O3. The van der Waals surface area contributed by atoms with E-state index in [-0.39, 0.29) is 17.6 Å². The van der Waals surface area contributed by atoms with Crippen molar-refractivity contribution in [3.05, 3.63) is 58.1 Å². The van der Waals surface area contributed by atoms with E-state index in [1.54, 1.807) is 18.2 Å². The molecule has 1 aliphatic rings. The van der Waals surface area contributed by atoms with Crippen molar-refractivity contribution in [3.8, 4) is 11.5 Å². The second-order valence-electron chi connectivity index (χ2n) is 6.81. The molecule has 0 radical (unpaired) electrons. The molecule has 0 aromatic heterocycles. The van der Waals surface area contributed by atoms with Crippen molar-refractivity contribution in [2.24, 2.45) is 11.0 Å². The number of rotatable bonds is 6. The standard InChI is InChI=1S/C21H24BrN3O3/c1-28-19-4-2-3-17(20(19)26)13-23-24-21(27)16-9-11-25(12-10-16)14-15-5-7-18(22)8-6-15/h2-8,13,16,26H,9-12,14H2,1H3,(H,24,27)/b23-13+. The lowest BCUT2D eigenvalue weighted by molar-refractivity contribution is -0.126. The van der Waals surface area contributed by atoms with Gasteiger partial charge in [0.1, 0.15) is 0 Å². The van der Waals surface area contributed by atoms with E-state index in [9.17, 15) is 9.90 Å². The van der Waals surface area contributed by atoms with Crippen molar-refractivity contribution < 1.29 is 14.6 Å². The van der Waals surface area contributed by atoms with Gasteiger partial charge in [0.25, 0.3) is 0 Å². The first-order valence-corrected chi connectivity index (χ1v) is 10.0. The van der Waals surface area contributed by atoms with Gasteiger partial charge in [0.15, 0.2) is 11.5 Å². The molecule has 28 heavy (non-hydrogen) atoms. The van der Waals surface area contributed by atoms with Gasteiger partial charge in [0, 0.05) is 22.5 Å². The molecule has 0 atom stereocenters. The summed E-state index contributed by atoms with van der Waals surface area (Å²) in [6.07, 6.45) is 3.04. The lowest BCUT2D eigenvalue weighted by Crippen LogP contribution is -2.39. The number of nitrogens with zero attached hydrogens (tertiary/aromatic N) is 2. The lowest BCUT2D eigenvalue weighted by Gasteiger charge is -2.30. The average Bonchev–Trinajstić information content (AvgIpc) is 2.71. The van der Waals surface area contributed by atoms with Crippen LogP contribution in [0.15, 0.2) is 52.0 Å². The van der Waals surface area contributed by atoms with Gasteiger partial charge in [-0.15, -0.1) is 0 Å². The quantitative estimate of drug-likeness (QED) is 0.526. The van der Waals surface area contributed by atoms with Gasteiger partial charge in [0.2, 0.25) is 5.91 Å². The third-order valence-corrected chi connectivity index (χ3v) is 5.43. The predicted octanol–water partition coefficient (Wildman–Crippen LogP) is 3.53. The Balaban J connectivity index is 1.47. The number of methoxy groups -OCH3 is 1. The van der Waals surface area contributed by atoms with E-state index in [1.165, 1.54) is 18.9 Å². The maximum Gasteiger partial charge on any atom is 0.243 e. The molecule has 0 unspecified atom stereocenters. The lowest BCUT2D eigenvalue weighted by atomic mass is 9.96. The van der Waals surface area contributed by atoms with E-state index < -0.39 is 0 Å². The van der Waals surface area contributed by atoms with Crippen LogP contribution in [0.4, 0.5) is 0 Å². The largest absolute Gasteiger partial charge is 0.504 e. The van der Waals surface area contributed by atoms with Crippen molar-refractivity contribution in [1.82, 2.24) is 10.3 Å². The summed E-state index contributed by atoms with van der Waals surface area (Å²) in [5.41, 5.74) is 4.35. The Morgan fingerprint density at radius 2 is 2.00 bits per heavy atom. The molecule has 2 aromatic rings. The Morgan fingerprint density at radius 3 is 2.68 bits per heavy atom. The second kappa shape index (κ2) is 9.71. The normalized spacial score (nSPS) is 15.6. The SMILES string of the molecule is COc1cccc(/C=N/NC(=O)C2CCN(Cc3ccc(Br)cc3)CC2)c1O. The minimum Gasteiger partial charge on any atom is -0.504 e. The molecule has 1 saturated heterocycles. The molecule has 1 aliphatic heterocycles. The third-order valence-electron chi connectivity index (χ3n) is 4.91. The Morgan fingerprint density at radius 1 is 1.29 bits per heavy atom. The number of amides is 1. The molecule has 1 heterocycles. The molecule has 7 heteroatoms. The number of carbonyl (C=O) groups is 1. The highest BCUT2D eigenvalue weighted by molar-refractivity contribution is 9.10. The summed E-state index contributed by atoms with van der Waals surface area (Å²) in [5.74, 6) is 0.247. The van der Waals surface area contributed by atoms with Gasteiger partial charge < -0.3 is 9.84 Å². The fourth-order valence-electron chi connectivity index (χ4n) is 3.27. The predicted molar refractivity (Wildman–Crippen MR) is 113 cm³/mol. The number of nitrogens with one attached hydrogen (secondary N) is 1. The van der Waals surface area contributed by atoms with Crippen LogP contribution in [0.1, 0.15) is 24.0 Å². The van der Waals surface area contributed by atoms with Gasteiger partial charge in [-0.3, -0.25) is 9.69 Å². The number of aromatic hydroxyl groups is 1. The molecule has 2 aromatic carbocycles. The number of hydrogen-bond donors (Lipinski definition) is 2. The number of carbonyl (C=O) groups excluding carboxylic acids is 1. The summed E-state index contributed by atoms with van der Waals surface area (Å²) in [4.78, 5) is 14.7. The molecule has 1 amide bonds. The van der Waals surface area contributed by atoms with E-state index in [1.807, 2.05) is 12.1 Å². The van der Waals surface area contributed by atoms with E-state index in [0.717, 1.165) is 36.9 Å². The summed E-state index contributed by atoms with van der Waals surface area (Å²) in [5, 5.41) is 14.0. The Bertz CT molecular complexity index is 831. The number of ether oxygens (including phenoxy) is 1. The molecule has 6 nitrogen and oxygen atoms in total. The average molecular weight is 446 g/mol. The minimum absolute atomic E-state index is 0.00393. The van der Waals surface area contributed by atoms with Crippen molar-refractivity contribution in [2.45, 2.75) is 19.4 Å². The third kappa shape index (κ3) is 5.33. The Labute approximate surface area is 173 Å². The van der Waals surface area contributed by atoms with E-state index >= 15 is 0 Å². The van der Waals surface area contributed by atoms with Crippen molar-refractivity contribution in [2.75, 3.05) is 20.2 Å². The van der Waals surface area contributed by atoms with Crippen LogP contribution in [0.3, 0.4) is 0 Å². The van der Waals surface area contributed by atoms with Crippen LogP contribution < -0.4 is 10.2 Å². The zero-order valence-corrected chi connectivity index (χ0v) is 17.4. The number of para-hydroxylation sites is 1. The van der Waals surface area contributed by atoms with Gasteiger partial charge in [-0.1, -0.05) is 34.1 Å². The van der Waals surface area contributed by atoms with Crippen LogP contribution in [0.2, 0.25) is 0 Å². The fraction of sp³-hybridized carbons (Fsp3) is 0.333. The molecule has 1 fully saturated rings. The summed E-state index contributed by atoms with van der Waals surface area (Å²) < 4.78 is 6.14. The van der Waals surface area contributed by atoms with Crippen LogP contribution in [0.25, 0.3) is 0 Å². The van der Waals surface area contributed by atoms with E-state index in [2.05, 4.69) is 43.5 Å². The summed E-state index contributed by atoms with van der Waals surface area (Å²) >= 11 is 3.45. The number of halogens is 1. The number of benzene rings is 2. The summed E-state index contributed by atoms with van der Waals surface area (Å²) in [6, 6.07) is 13.4. The number of piperidine rings is 1. The van der Waals surface area contributed by atoms with E-state index in [4.69, 9.17) is 4.74 Å². The zero-order valence-electron chi connectivity index (χ0n) is 15.8. The van der Waals surface area contributed by atoms with Gasteiger partial charge in [-0.2, -0.15) is 5.10 Å². The minimum atomic E-state index is -0.0815. The topological polar surface area (TPSA) is 74.2 Å². The molecule has 0 aliphatic carbocycles. The first kappa shape index (κ1) is 20.4. The number of hydrazone groups is 1. The second-order valence-corrected chi connectivity index (χ2v) is 7.72. The maximum absolute atomic E-state index is 12.4. The Kier molecular flexibility index (Phi) is 7.06. The van der Waals surface area contributed by atoms with Gasteiger partial charge in [-0.05, 0) is 55.8 Å². The molecule has 0 spiro atoms. The number of phenols is 1. The molecular weight excluding hydrogens is 422 g/mol. The van der Waals surface area contributed by atoms with Crippen LogP contribution in [0, 0.1) is 5.92 Å². The summed E-state index contributed by atoms with van der Waals surface area (Å²) in [7, 11) is 1.49. The van der Waals surface area contributed by atoms with Crippen molar-refractivity contribution in [3.63, 3.8) is 0 Å². The molecule has 0 saturated carbocycles. The number of likely N-dealkylation sites (tertiary alicyclic amines) is 1. The smallest absolute Gasteiger partial charge is 0.243 e. The maximum atomic E-state index is 12.4. The highest BCUT2D eigenvalue weighted by Crippen LogP contribution is 2.28. The van der Waals surface area contributed by atoms with Crippen molar-refractivity contribution in [1.29, 1.82) is 0 Å². The molecule has 3 rings (SSSR count). The van der Waals surface area contributed by atoms with Crippen LogP contribution in [-0.2, 0) is 11.3 Å². The van der Waals surface area contributed by atoms with Crippen molar-refractivity contribution >= 4 is 28.1 Å². The highest BCUT2D eigenvalue weighted by Gasteiger charge is 2.24. The summed E-state index contributed by atoms with van der Waals surface area (Å²) in [6.45, 7) is 2.66. The van der Waals surface area contributed by atoms with Gasteiger partial charge >= 0.3 is 0 Å². The fourth-order valence-corrected chi connectivity index (χ4v) is 3.53. The zero-order chi connectivity index (χ0) is 19.9. The number of phenolic OH excluding ortho intramolecular Hbond substituents is 1. The first-order valence-electron chi connectivity index (χ1n) is 9.22. The van der Waals surface area contributed by atoms with Crippen LogP contribution >= 0.6 is 15.9 Å².